The van der Waals surface area contributed by atoms with Crippen LogP contribution in [0.15, 0.2) is 59.8 Å². The number of amides is 1. The summed E-state index contributed by atoms with van der Waals surface area (Å²) in [5, 5.41) is 17.1. The average Bonchev–Trinajstić information content (AvgIpc) is 3.69. The summed E-state index contributed by atoms with van der Waals surface area (Å²) in [5.41, 5.74) is 0.763. The van der Waals surface area contributed by atoms with E-state index >= 15 is 0 Å². The molecule has 0 bridgehead atoms. The molecule has 3 aromatic rings. The maximum absolute atomic E-state index is 14.5. The first-order chi connectivity index (χ1) is 21.5. The number of carbonyl (C=O) groups is 2. The number of nitrogens with zero attached hydrogens (tertiary/aromatic N) is 2. The summed E-state index contributed by atoms with van der Waals surface area (Å²) in [6.07, 6.45) is -3.34. The number of hydrogen-bond donors (Lipinski definition) is 2. The number of alkyl halides is 3. The van der Waals surface area contributed by atoms with Gasteiger partial charge in [0, 0.05) is 51.0 Å². The zero-order valence-corrected chi connectivity index (χ0v) is 26.7. The van der Waals surface area contributed by atoms with E-state index in [1.54, 1.807) is 43.3 Å². The summed E-state index contributed by atoms with van der Waals surface area (Å²) < 4.78 is 48.9. The van der Waals surface area contributed by atoms with Crippen molar-refractivity contribution in [2.24, 2.45) is 5.16 Å². The predicted octanol–water partition coefficient (Wildman–Crippen LogP) is 7.74. The van der Waals surface area contributed by atoms with Crippen LogP contribution in [0.4, 0.5) is 24.5 Å². The van der Waals surface area contributed by atoms with Crippen LogP contribution in [0, 0.1) is 0 Å². The Morgan fingerprint density at radius 1 is 1.04 bits per heavy atom. The Balaban J connectivity index is 1.54. The minimum atomic E-state index is -4.90. The topological polar surface area (TPSA) is 110 Å². The second kappa shape index (κ2) is 12.2. The van der Waals surface area contributed by atoms with Gasteiger partial charge in [-0.3, -0.25) is 4.79 Å². The second-order valence-electron chi connectivity index (χ2n) is 11.7. The normalized spacial score (nSPS) is 16.1. The lowest BCUT2D eigenvalue weighted by Gasteiger charge is -2.27. The number of oxime groups is 1. The van der Waals surface area contributed by atoms with Crippen molar-refractivity contribution in [1.82, 2.24) is 0 Å². The lowest BCUT2D eigenvalue weighted by molar-refractivity contribution is -0.274. The number of carboxylic acid groups (broad SMARTS) is 1. The van der Waals surface area contributed by atoms with Crippen molar-refractivity contribution in [2.45, 2.75) is 57.0 Å². The molecule has 0 saturated heterocycles. The predicted molar refractivity (Wildman–Crippen MR) is 167 cm³/mol. The highest BCUT2D eigenvalue weighted by atomic mass is 35.5. The molecule has 1 atom stereocenters. The second-order valence-corrected chi connectivity index (χ2v) is 12.6. The van der Waals surface area contributed by atoms with Crippen molar-refractivity contribution in [3.05, 3.63) is 81.3 Å². The molecule has 14 heteroatoms. The molecular formula is C32H30Cl2F3N3O6. The van der Waals surface area contributed by atoms with Crippen LogP contribution >= 0.6 is 23.2 Å². The molecule has 3 aromatic carbocycles. The van der Waals surface area contributed by atoms with E-state index in [2.05, 4.69) is 15.2 Å². The number of halogens is 5. The van der Waals surface area contributed by atoms with Gasteiger partial charge in [-0.2, -0.15) is 0 Å². The molecule has 1 aliphatic carbocycles. The van der Waals surface area contributed by atoms with Gasteiger partial charge in [0.25, 0.3) is 5.91 Å². The number of carbonyl (C=O) groups excluding carboxylic acids is 1. The highest BCUT2D eigenvalue weighted by Gasteiger charge is 2.54. The molecule has 46 heavy (non-hydrogen) atoms. The van der Waals surface area contributed by atoms with Gasteiger partial charge in [0.1, 0.15) is 17.5 Å². The van der Waals surface area contributed by atoms with Gasteiger partial charge in [0.2, 0.25) is 5.60 Å². The minimum absolute atomic E-state index is 0.193. The van der Waals surface area contributed by atoms with Gasteiger partial charge in [-0.15, -0.1) is 13.2 Å². The van der Waals surface area contributed by atoms with E-state index in [1.165, 1.54) is 44.1 Å². The number of ether oxygens (including phenoxy) is 2. The van der Waals surface area contributed by atoms with E-state index < -0.39 is 35.6 Å². The number of hydrogen-bond acceptors (Lipinski definition) is 7. The largest absolute Gasteiger partial charge is 0.573 e. The van der Waals surface area contributed by atoms with E-state index in [1.807, 2.05) is 0 Å². The van der Waals surface area contributed by atoms with Crippen LogP contribution < -0.4 is 19.7 Å². The molecule has 9 nitrogen and oxygen atoms in total. The number of fused-ring (bicyclic) bond motifs is 2. The molecule has 1 amide bonds. The van der Waals surface area contributed by atoms with Crippen molar-refractivity contribution in [3.63, 3.8) is 0 Å². The first-order valence-electron chi connectivity index (χ1n) is 14.1. The van der Waals surface area contributed by atoms with Crippen molar-refractivity contribution >= 4 is 52.2 Å². The average molecular weight is 681 g/mol. The van der Waals surface area contributed by atoms with Crippen LogP contribution in [0.5, 0.6) is 11.5 Å². The molecule has 244 valence electrons. The number of nitrogens with one attached hydrogen (secondary N) is 1. The maximum Gasteiger partial charge on any atom is 0.573 e. The van der Waals surface area contributed by atoms with Crippen LogP contribution in [0.3, 0.4) is 0 Å². The Bertz CT molecular complexity index is 1730. The molecule has 2 aliphatic rings. The molecule has 5 rings (SSSR count). The smallest absolute Gasteiger partial charge is 0.497 e. The summed E-state index contributed by atoms with van der Waals surface area (Å²) in [6, 6.07) is 12.6. The number of rotatable bonds is 10. The van der Waals surface area contributed by atoms with Crippen LogP contribution in [-0.2, 0) is 19.8 Å². The first-order valence-corrected chi connectivity index (χ1v) is 14.9. The third-order valence-electron chi connectivity index (χ3n) is 7.96. The lowest BCUT2D eigenvalue weighted by atomic mass is 9.99. The fourth-order valence-corrected chi connectivity index (χ4v) is 5.76. The Morgan fingerprint density at radius 2 is 1.76 bits per heavy atom. The summed E-state index contributed by atoms with van der Waals surface area (Å²) in [7, 11) is 1.45. The van der Waals surface area contributed by atoms with Crippen LogP contribution in [0.25, 0.3) is 0 Å². The third kappa shape index (κ3) is 6.97. The van der Waals surface area contributed by atoms with Crippen LogP contribution in [0.2, 0.25) is 10.0 Å². The van der Waals surface area contributed by atoms with Gasteiger partial charge < -0.3 is 29.6 Å². The Labute approximate surface area is 272 Å². The van der Waals surface area contributed by atoms with E-state index in [4.69, 9.17) is 32.8 Å². The number of methoxy groups -OCH3 is 1. The van der Waals surface area contributed by atoms with Crippen LogP contribution in [0.1, 0.15) is 56.3 Å². The molecular weight excluding hydrogens is 650 g/mol. The summed E-state index contributed by atoms with van der Waals surface area (Å²) in [6.45, 7) is 4.60. The van der Waals surface area contributed by atoms with Crippen molar-refractivity contribution in [3.8, 4) is 11.5 Å². The van der Waals surface area contributed by atoms with E-state index in [-0.39, 0.29) is 17.0 Å². The molecule has 0 aromatic heterocycles. The van der Waals surface area contributed by atoms with E-state index in [0.717, 1.165) is 18.4 Å². The standard InChI is InChI=1S/C32H30Cl2F3N3O6/c1-17(39-46-30(2,3)29(42)43)18-11-20(14-22(12-18)44-4)38-27(23-7-5-19(33)13-25(23)34)28(41)40-16-31(9-10-31)24-8-6-21(15-26(24)40)45-32(35,36)37/h5-8,11-15,27,38H,9-10,16H2,1-4H3,(H,42,43). The first kappa shape index (κ1) is 33.2. The molecule has 1 spiro atoms. The van der Waals surface area contributed by atoms with Crippen LogP contribution in [-0.4, -0.2) is 48.3 Å². The highest BCUT2D eigenvalue weighted by Crippen LogP contribution is 2.57. The SMILES string of the molecule is COc1cc(NC(C(=O)N2CC3(CC3)c3ccc(OC(F)(F)F)cc32)c2ccc(Cl)cc2Cl)cc(C(C)=NOC(C)(C)C(=O)O)c1. The lowest BCUT2D eigenvalue weighted by Crippen LogP contribution is -2.38. The Hall–Kier alpha value is -4.16. The van der Waals surface area contributed by atoms with Gasteiger partial charge in [-0.1, -0.05) is 40.5 Å². The molecule has 1 unspecified atom stereocenters. The molecule has 2 N–H and O–H groups in total. The van der Waals surface area contributed by atoms with Gasteiger partial charge in [0.15, 0.2) is 0 Å². The zero-order chi connectivity index (χ0) is 33.6. The Kier molecular flexibility index (Phi) is 8.82. The highest BCUT2D eigenvalue weighted by molar-refractivity contribution is 6.35. The van der Waals surface area contributed by atoms with Gasteiger partial charge >= 0.3 is 12.3 Å². The van der Waals surface area contributed by atoms with Crippen molar-refractivity contribution in [2.75, 3.05) is 23.9 Å². The molecule has 1 fully saturated rings. The summed E-state index contributed by atoms with van der Waals surface area (Å²) in [4.78, 5) is 32.7. The third-order valence-corrected chi connectivity index (χ3v) is 8.53. The van der Waals surface area contributed by atoms with E-state index in [9.17, 15) is 27.9 Å². The monoisotopic (exact) mass is 679 g/mol. The van der Waals surface area contributed by atoms with Crippen molar-refractivity contribution in [1.29, 1.82) is 0 Å². The van der Waals surface area contributed by atoms with Gasteiger partial charge in [0.05, 0.1) is 18.5 Å². The fraction of sp³-hybridized carbons (Fsp3) is 0.344. The molecule has 1 saturated carbocycles. The van der Waals surface area contributed by atoms with Gasteiger partial charge in [-0.05, 0) is 69.5 Å². The summed E-state index contributed by atoms with van der Waals surface area (Å²) >= 11 is 12.8. The molecule has 1 aliphatic heterocycles. The Morgan fingerprint density at radius 3 is 2.37 bits per heavy atom. The number of aliphatic carboxylic acids is 1. The number of benzene rings is 3. The number of anilines is 2. The molecule has 1 heterocycles. The zero-order valence-electron chi connectivity index (χ0n) is 25.2. The minimum Gasteiger partial charge on any atom is -0.497 e. The quantitative estimate of drug-likeness (QED) is 0.167. The maximum atomic E-state index is 14.5. The fourth-order valence-electron chi connectivity index (χ4n) is 5.24. The number of carboxylic acids is 1. The van der Waals surface area contributed by atoms with E-state index in [0.29, 0.717) is 39.0 Å². The van der Waals surface area contributed by atoms with Crippen molar-refractivity contribution < 1.29 is 42.2 Å². The van der Waals surface area contributed by atoms with Gasteiger partial charge in [-0.25, -0.2) is 4.79 Å². The molecule has 0 radical (unpaired) electrons. The summed E-state index contributed by atoms with van der Waals surface area (Å²) in [5.74, 6) is -1.72.